The Labute approximate surface area is 223 Å². The van der Waals surface area contributed by atoms with E-state index in [1.54, 1.807) is 0 Å². The number of hydrogen-bond donors (Lipinski definition) is 2. The fourth-order valence-electron chi connectivity index (χ4n) is 11.9. The Morgan fingerprint density at radius 2 is 1.57 bits per heavy atom. The molecular weight excluding hydrogens is 464 g/mol. The summed E-state index contributed by atoms with van der Waals surface area (Å²) in [4.78, 5) is 24.8. The molecule has 0 heterocycles. The van der Waals surface area contributed by atoms with Gasteiger partial charge in [-0.2, -0.15) is 0 Å². The molecule has 0 bridgehead atoms. The van der Waals surface area contributed by atoms with Gasteiger partial charge in [0, 0.05) is 13.5 Å². The van der Waals surface area contributed by atoms with Crippen LogP contribution in [-0.2, 0) is 14.3 Å². The number of aliphatic carboxylic acids is 1. The van der Waals surface area contributed by atoms with Crippen molar-refractivity contribution in [3.8, 4) is 0 Å². The van der Waals surface area contributed by atoms with E-state index >= 15 is 0 Å². The molecule has 5 aliphatic carbocycles. The van der Waals surface area contributed by atoms with Crippen LogP contribution in [0.4, 0.5) is 0 Å². The van der Waals surface area contributed by atoms with Gasteiger partial charge in [0.05, 0.1) is 0 Å². The molecule has 208 valence electrons. The quantitative estimate of drug-likeness (QED) is 0.325. The minimum absolute atomic E-state index is 0.0106. The van der Waals surface area contributed by atoms with Gasteiger partial charge in [-0.25, -0.2) is 0 Å². The van der Waals surface area contributed by atoms with Crippen molar-refractivity contribution in [2.45, 2.75) is 112 Å². The maximum absolute atomic E-state index is 12.9. The molecule has 5 rings (SSSR count). The smallest absolute Gasteiger partial charge is 0.313 e. The van der Waals surface area contributed by atoms with Gasteiger partial charge < -0.3 is 14.9 Å². The van der Waals surface area contributed by atoms with Crippen LogP contribution in [0, 0.1) is 56.7 Å². The van der Waals surface area contributed by atoms with Crippen molar-refractivity contribution in [3.63, 3.8) is 0 Å². The highest BCUT2D eigenvalue weighted by Crippen LogP contribution is 2.77. The number of aliphatic hydroxyl groups excluding tert-OH is 1. The predicted octanol–water partition coefficient (Wildman–Crippen LogP) is 6.63. The zero-order valence-corrected chi connectivity index (χ0v) is 24.1. The number of esters is 1. The van der Waals surface area contributed by atoms with Crippen molar-refractivity contribution in [1.29, 1.82) is 0 Å². The molecule has 37 heavy (non-hydrogen) atoms. The molecule has 0 spiro atoms. The Balaban J connectivity index is 1.54. The Kier molecular flexibility index (Phi) is 6.30. The SMILES string of the molecule is C=C(C)C1CCC2(CO)CCC3(C)C(CCC4C5(C)CCC(OC(C)=O)C(C)(C(=O)O)C5CCC43C)C12. The number of fused-ring (bicyclic) bond motifs is 7. The molecule has 0 amide bonds. The number of allylic oxidation sites excluding steroid dienone is 1. The van der Waals surface area contributed by atoms with Gasteiger partial charge in [0.25, 0.3) is 0 Å². The van der Waals surface area contributed by atoms with Crippen LogP contribution in [0.15, 0.2) is 12.2 Å². The Hall–Kier alpha value is -1.36. The van der Waals surface area contributed by atoms with E-state index in [0.29, 0.717) is 36.7 Å². The first-order valence-corrected chi connectivity index (χ1v) is 14.9. The molecule has 0 aromatic rings. The standard InChI is InChI=1S/C32H50O5/c1-19(2)21-10-15-32(18-33)17-16-29(5)22(26(21)32)8-9-23-28(4)13-12-25(37-20(3)34)31(7,27(35)36)24(28)11-14-30(23,29)6/h21-26,33H,1,8-18H2,2-7H3,(H,35,36). The predicted molar refractivity (Wildman–Crippen MR) is 144 cm³/mol. The van der Waals surface area contributed by atoms with Crippen molar-refractivity contribution < 1.29 is 24.5 Å². The molecule has 5 fully saturated rings. The van der Waals surface area contributed by atoms with Crippen LogP contribution < -0.4 is 0 Å². The van der Waals surface area contributed by atoms with Crippen LogP contribution >= 0.6 is 0 Å². The third-order valence-electron chi connectivity index (χ3n) is 13.9. The second kappa shape index (κ2) is 8.57. The average Bonchev–Trinajstić information content (AvgIpc) is 3.22. The summed E-state index contributed by atoms with van der Waals surface area (Å²) in [5.41, 5.74) is 0.457. The fraction of sp³-hybridized carbons (Fsp3) is 0.875. The molecule has 0 aromatic carbocycles. The molecule has 11 unspecified atom stereocenters. The maximum Gasteiger partial charge on any atom is 0.313 e. The van der Waals surface area contributed by atoms with Crippen molar-refractivity contribution in [2.24, 2.45) is 56.7 Å². The van der Waals surface area contributed by atoms with Gasteiger partial charge in [-0.05, 0) is 129 Å². The first-order chi connectivity index (χ1) is 17.2. The summed E-state index contributed by atoms with van der Waals surface area (Å²) in [5, 5.41) is 21.2. The van der Waals surface area contributed by atoms with E-state index in [2.05, 4.69) is 34.3 Å². The molecule has 5 aliphatic rings. The van der Waals surface area contributed by atoms with Gasteiger partial charge >= 0.3 is 11.9 Å². The van der Waals surface area contributed by atoms with Crippen molar-refractivity contribution in [3.05, 3.63) is 12.2 Å². The highest BCUT2D eigenvalue weighted by Gasteiger charge is 2.72. The Bertz CT molecular complexity index is 990. The normalized spacial score (nSPS) is 52.7. The van der Waals surface area contributed by atoms with Crippen LogP contribution in [-0.4, -0.2) is 34.9 Å². The highest BCUT2D eigenvalue weighted by molar-refractivity contribution is 5.77. The first kappa shape index (κ1) is 27.2. The van der Waals surface area contributed by atoms with Crippen LogP contribution in [0.2, 0.25) is 0 Å². The lowest BCUT2D eigenvalue weighted by molar-refractivity contribution is -0.254. The van der Waals surface area contributed by atoms with Crippen LogP contribution in [0.5, 0.6) is 0 Å². The zero-order chi connectivity index (χ0) is 27.2. The van der Waals surface area contributed by atoms with Crippen LogP contribution in [0.25, 0.3) is 0 Å². The molecule has 0 aliphatic heterocycles. The van der Waals surface area contributed by atoms with Gasteiger partial charge in [-0.3, -0.25) is 9.59 Å². The Morgan fingerprint density at radius 3 is 2.16 bits per heavy atom. The summed E-state index contributed by atoms with van der Waals surface area (Å²) in [7, 11) is 0. The van der Waals surface area contributed by atoms with E-state index in [4.69, 9.17) is 4.74 Å². The molecule has 0 saturated heterocycles. The second-order valence-corrected chi connectivity index (χ2v) is 14.9. The monoisotopic (exact) mass is 514 g/mol. The fourth-order valence-corrected chi connectivity index (χ4v) is 11.9. The summed E-state index contributed by atoms with van der Waals surface area (Å²) < 4.78 is 5.68. The highest BCUT2D eigenvalue weighted by atomic mass is 16.5. The second-order valence-electron chi connectivity index (χ2n) is 14.9. The number of ether oxygens (including phenoxy) is 1. The minimum atomic E-state index is -1.06. The van der Waals surface area contributed by atoms with Crippen molar-refractivity contribution in [1.82, 2.24) is 0 Å². The molecule has 5 nitrogen and oxygen atoms in total. The molecule has 5 saturated carbocycles. The Morgan fingerprint density at radius 1 is 0.865 bits per heavy atom. The molecule has 2 N–H and O–H groups in total. The lowest BCUT2D eigenvalue weighted by Gasteiger charge is -2.72. The van der Waals surface area contributed by atoms with E-state index in [9.17, 15) is 19.8 Å². The number of aliphatic hydroxyl groups is 1. The molecule has 5 heteroatoms. The number of rotatable bonds is 4. The van der Waals surface area contributed by atoms with Crippen molar-refractivity contribution >= 4 is 11.9 Å². The summed E-state index contributed by atoms with van der Waals surface area (Å²) in [6.07, 6.45) is 9.66. The molecule has 11 atom stereocenters. The van der Waals surface area contributed by atoms with E-state index in [-0.39, 0.29) is 33.5 Å². The van der Waals surface area contributed by atoms with Gasteiger partial charge in [-0.15, -0.1) is 0 Å². The van der Waals surface area contributed by atoms with Crippen LogP contribution in [0.3, 0.4) is 0 Å². The molecule has 0 radical (unpaired) electrons. The number of carboxylic acid groups (broad SMARTS) is 1. The summed E-state index contributed by atoms with van der Waals surface area (Å²) in [5.74, 6) is 0.806. The summed E-state index contributed by atoms with van der Waals surface area (Å²) in [6.45, 7) is 17.6. The number of carbonyl (C=O) groups is 2. The van der Waals surface area contributed by atoms with E-state index < -0.39 is 17.5 Å². The third kappa shape index (κ3) is 3.37. The molecular formula is C32H50O5. The van der Waals surface area contributed by atoms with Crippen LogP contribution in [0.1, 0.15) is 106 Å². The molecule has 0 aromatic heterocycles. The third-order valence-corrected chi connectivity index (χ3v) is 13.9. The topological polar surface area (TPSA) is 83.8 Å². The van der Waals surface area contributed by atoms with E-state index in [0.717, 1.165) is 57.8 Å². The van der Waals surface area contributed by atoms with E-state index in [1.165, 1.54) is 12.5 Å². The van der Waals surface area contributed by atoms with Gasteiger partial charge in [-0.1, -0.05) is 32.9 Å². The minimum Gasteiger partial charge on any atom is -0.481 e. The van der Waals surface area contributed by atoms with E-state index in [1.807, 2.05) is 6.92 Å². The average molecular weight is 515 g/mol. The van der Waals surface area contributed by atoms with Gasteiger partial charge in [0.1, 0.15) is 11.5 Å². The zero-order valence-electron chi connectivity index (χ0n) is 24.1. The summed E-state index contributed by atoms with van der Waals surface area (Å²) in [6, 6.07) is 0. The number of carbonyl (C=O) groups excluding carboxylic acids is 1. The number of hydrogen-bond acceptors (Lipinski definition) is 4. The van der Waals surface area contributed by atoms with Gasteiger partial charge in [0.15, 0.2) is 0 Å². The van der Waals surface area contributed by atoms with Crippen molar-refractivity contribution in [2.75, 3.05) is 6.61 Å². The lowest BCUT2D eigenvalue weighted by atomic mass is 9.32. The van der Waals surface area contributed by atoms with Gasteiger partial charge in [0.2, 0.25) is 0 Å². The summed E-state index contributed by atoms with van der Waals surface area (Å²) >= 11 is 0. The lowest BCUT2D eigenvalue weighted by Crippen LogP contribution is -2.68. The largest absolute Gasteiger partial charge is 0.481 e. The number of carboxylic acids is 1. The first-order valence-electron chi connectivity index (χ1n) is 14.9. The maximum atomic E-state index is 12.9.